The predicted molar refractivity (Wildman–Crippen MR) is 246 cm³/mol. The van der Waals surface area contributed by atoms with Crippen LogP contribution < -0.4 is 0 Å². The molecule has 0 amide bonds. The molecule has 0 aliphatic carbocycles. The summed E-state index contributed by atoms with van der Waals surface area (Å²) < 4.78 is 36.5. The molecule has 1 aromatic rings. The van der Waals surface area contributed by atoms with Crippen LogP contribution >= 0.6 is 0 Å². The molecule has 7 nitrogen and oxygen atoms in total. The van der Waals surface area contributed by atoms with Crippen molar-refractivity contribution in [3.8, 4) is 0 Å². The first kappa shape index (κ1) is 53.2. The molecule has 0 spiro atoms. The summed E-state index contributed by atoms with van der Waals surface area (Å²) in [7, 11) is -7.02. The Morgan fingerprint density at radius 2 is 1.35 bits per heavy atom. The lowest BCUT2D eigenvalue weighted by Gasteiger charge is -2.47. The molecule has 0 unspecified atom stereocenters. The highest BCUT2D eigenvalue weighted by Crippen LogP contribution is 2.45. The minimum absolute atomic E-state index is 0.00940. The third-order valence-electron chi connectivity index (χ3n) is 13.4. The first-order valence-electron chi connectivity index (χ1n) is 21.3. The van der Waals surface area contributed by atoms with Crippen LogP contribution in [0.3, 0.4) is 0 Å². The number of hydrogen-bond donors (Lipinski definition) is 1. The first-order chi connectivity index (χ1) is 25.6. The molecule has 0 saturated carbocycles. The fourth-order valence-electron chi connectivity index (χ4n) is 6.17. The van der Waals surface area contributed by atoms with Gasteiger partial charge in [0.05, 0.1) is 24.3 Å². The van der Waals surface area contributed by atoms with Crippen LogP contribution in [0.1, 0.15) is 141 Å². The van der Waals surface area contributed by atoms with Gasteiger partial charge in [-0.3, -0.25) is 14.6 Å². The first-order valence-corrected chi connectivity index (χ1v) is 30.1. The molecule has 1 rings (SSSR count). The Balaban J connectivity index is 3.44. The third-order valence-corrected chi connectivity index (χ3v) is 26.9. The summed E-state index contributed by atoms with van der Waals surface area (Å²) in [5.74, 6) is -1.65. The number of Topliss-reactive ketones (excluding diaryl/α,β-unsaturated/α-hetero) is 1. The summed E-state index contributed by atoms with van der Waals surface area (Å²) in [6.07, 6.45) is 6.79. The van der Waals surface area contributed by atoms with Gasteiger partial charge >= 0.3 is 5.97 Å². The highest BCUT2D eigenvalue weighted by molar-refractivity contribution is 6.75. The molecule has 57 heavy (non-hydrogen) atoms. The number of carbonyl (C=O) groups excluding carboxylic acids is 1. The average molecular weight is 850 g/mol. The summed E-state index contributed by atoms with van der Waals surface area (Å²) in [6, 6.07) is 5.46. The van der Waals surface area contributed by atoms with Crippen LogP contribution in [0.15, 0.2) is 41.9 Å². The van der Waals surface area contributed by atoms with Crippen LogP contribution in [-0.4, -0.2) is 65.1 Å². The van der Waals surface area contributed by atoms with Crippen LogP contribution in [0.2, 0.25) is 54.4 Å². The highest BCUT2D eigenvalue weighted by atomic mass is 28.4. The second kappa shape index (κ2) is 20.7. The number of carboxylic acids is 1. The minimum atomic E-state index is -2.41. The molecule has 0 fully saturated rings. The van der Waals surface area contributed by atoms with E-state index in [1.165, 1.54) is 11.6 Å². The Morgan fingerprint density at radius 1 is 0.842 bits per heavy atom. The predicted octanol–water partition coefficient (Wildman–Crippen LogP) is 13.8. The van der Waals surface area contributed by atoms with Crippen LogP contribution in [-0.2, 0) is 22.9 Å². The lowest BCUT2D eigenvalue weighted by atomic mass is 9.71. The number of halogens is 1. The largest absolute Gasteiger partial charge is 0.481 e. The molecular formula is C46H84FNO6Si3. The molecule has 328 valence electrons. The van der Waals surface area contributed by atoms with E-state index in [9.17, 15) is 14.7 Å². The van der Waals surface area contributed by atoms with Gasteiger partial charge in [-0.2, -0.15) is 0 Å². The zero-order valence-electron chi connectivity index (χ0n) is 39.9. The Labute approximate surface area is 351 Å². The Kier molecular flexibility index (Phi) is 19.3. The third kappa shape index (κ3) is 15.6. The molecule has 0 aliphatic rings. The van der Waals surface area contributed by atoms with Gasteiger partial charge in [0.25, 0.3) is 0 Å². The monoisotopic (exact) mass is 850 g/mol. The summed E-state index contributed by atoms with van der Waals surface area (Å²) >= 11 is 0. The number of nitrogens with zero attached hydrogens (tertiary/aromatic N) is 1. The maximum absolute atomic E-state index is 15.9. The molecule has 1 heterocycles. The smallest absolute Gasteiger partial charge is 0.305 e. The maximum atomic E-state index is 15.9. The Morgan fingerprint density at radius 3 is 1.81 bits per heavy atom. The van der Waals surface area contributed by atoms with Gasteiger partial charge in [0.2, 0.25) is 0 Å². The summed E-state index contributed by atoms with van der Waals surface area (Å²) in [6.45, 7) is 42.6. The number of rotatable bonds is 22. The molecule has 0 bridgehead atoms. The van der Waals surface area contributed by atoms with E-state index in [0.29, 0.717) is 18.5 Å². The van der Waals surface area contributed by atoms with E-state index in [1.54, 1.807) is 12.3 Å². The summed E-state index contributed by atoms with van der Waals surface area (Å²) in [5, 5.41) is 9.73. The van der Waals surface area contributed by atoms with E-state index < -0.39 is 54.5 Å². The van der Waals surface area contributed by atoms with Gasteiger partial charge in [0, 0.05) is 17.5 Å². The zero-order chi connectivity index (χ0) is 44.6. The van der Waals surface area contributed by atoms with E-state index >= 15 is 4.39 Å². The van der Waals surface area contributed by atoms with Gasteiger partial charge in [-0.25, -0.2) is 4.39 Å². The van der Waals surface area contributed by atoms with E-state index in [-0.39, 0.29) is 45.2 Å². The van der Waals surface area contributed by atoms with Gasteiger partial charge in [-0.1, -0.05) is 108 Å². The minimum Gasteiger partial charge on any atom is -0.481 e. The zero-order valence-corrected chi connectivity index (χ0v) is 42.9. The van der Waals surface area contributed by atoms with Crippen molar-refractivity contribution in [1.82, 2.24) is 4.98 Å². The standard InChI is InChI=1S/C46H84FNO6Si3/c1-21-36(42(51)46(13,14)39(32-40(49)50)53-56(17,18)44(7,8)9)41(54-57(19,20)45(10,11)12)34(3)26-24-25-33(2)28-29-38(52-55(15,16)43(4,5)6)37(47)31-35-27-22-23-30-48-35/h22-23,27-28,30-31,34,36,38-39,41H,21,24-26,29,32H2,1-20H3,(H,49,50)/b33-28-,37-31-/t34-,36+,38-,39-,41-/m0/s1. The Hall–Kier alpha value is -1.77. The number of aliphatic carboxylic acids is 1. The van der Waals surface area contributed by atoms with Crippen LogP contribution in [0.5, 0.6) is 0 Å². The van der Waals surface area contributed by atoms with Crippen molar-refractivity contribution >= 4 is 42.8 Å². The maximum Gasteiger partial charge on any atom is 0.305 e. The lowest BCUT2D eigenvalue weighted by molar-refractivity contribution is -0.147. The number of aromatic nitrogens is 1. The topological polar surface area (TPSA) is 95.0 Å². The van der Waals surface area contributed by atoms with Crippen LogP contribution in [0.25, 0.3) is 6.08 Å². The number of carboxylic acid groups (broad SMARTS) is 1. The number of carbonyl (C=O) groups is 2. The number of pyridine rings is 1. The normalized spacial score (nSPS) is 17.2. The molecule has 5 atom stereocenters. The second-order valence-corrected chi connectivity index (χ2v) is 36.0. The summed E-state index contributed by atoms with van der Waals surface area (Å²) in [5.41, 5.74) is 0.685. The van der Waals surface area contributed by atoms with Crippen molar-refractivity contribution < 1.29 is 32.4 Å². The van der Waals surface area contributed by atoms with Gasteiger partial charge < -0.3 is 18.4 Å². The molecule has 1 aromatic heterocycles. The molecule has 11 heteroatoms. The van der Waals surface area contributed by atoms with Crippen molar-refractivity contribution in [1.29, 1.82) is 0 Å². The van der Waals surface area contributed by atoms with Crippen molar-refractivity contribution in [3.63, 3.8) is 0 Å². The fraction of sp³-hybridized carbons (Fsp3) is 0.761. The number of ketones is 1. The fourth-order valence-corrected chi connectivity index (χ4v) is 10.3. The van der Waals surface area contributed by atoms with Gasteiger partial charge in [-0.15, -0.1) is 0 Å². The number of allylic oxidation sites excluding steroid dienone is 1. The molecule has 1 N–H and O–H groups in total. The molecule has 0 aliphatic heterocycles. The van der Waals surface area contributed by atoms with Gasteiger partial charge in [0.15, 0.2) is 25.0 Å². The average Bonchev–Trinajstić information content (AvgIpc) is 3.04. The quantitative estimate of drug-likeness (QED) is 0.0917. The summed E-state index contributed by atoms with van der Waals surface area (Å²) in [4.78, 5) is 31.4. The van der Waals surface area contributed by atoms with E-state index in [2.05, 4.69) is 127 Å². The van der Waals surface area contributed by atoms with Crippen LogP contribution in [0, 0.1) is 17.3 Å². The second-order valence-electron chi connectivity index (χ2n) is 21.7. The molecule has 0 saturated heterocycles. The van der Waals surface area contributed by atoms with Crippen molar-refractivity contribution in [2.75, 3.05) is 0 Å². The number of hydrogen-bond acceptors (Lipinski definition) is 6. The van der Waals surface area contributed by atoms with Crippen molar-refractivity contribution in [2.45, 2.75) is 208 Å². The van der Waals surface area contributed by atoms with Crippen LogP contribution in [0.4, 0.5) is 4.39 Å². The molecular weight excluding hydrogens is 766 g/mol. The van der Waals surface area contributed by atoms with E-state index in [0.717, 1.165) is 19.3 Å². The van der Waals surface area contributed by atoms with E-state index in [1.807, 2.05) is 32.9 Å². The molecule has 0 aromatic carbocycles. The van der Waals surface area contributed by atoms with Crippen molar-refractivity contribution in [2.24, 2.45) is 17.3 Å². The van der Waals surface area contributed by atoms with E-state index in [4.69, 9.17) is 13.3 Å². The SMILES string of the molecule is CC[C@@H](C(=O)C(C)(C)[C@H](CC(=O)O)O[Si](C)(C)C(C)(C)C)[C@@H](O[Si](C)(C)C(C)(C)C)[C@@H](C)CCC/C(C)=C\C[C@H](O[Si](C)(C)C(C)(C)C)/C(F)=C/c1ccccn1. The van der Waals surface area contributed by atoms with Gasteiger partial charge in [-0.05, 0) is 118 Å². The van der Waals surface area contributed by atoms with Crippen molar-refractivity contribution in [3.05, 3.63) is 47.6 Å². The lowest BCUT2D eigenvalue weighted by Crippen LogP contribution is -2.54. The van der Waals surface area contributed by atoms with Gasteiger partial charge in [0.1, 0.15) is 17.7 Å². The Bertz CT molecular complexity index is 1500. The highest BCUT2D eigenvalue weighted by Gasteiger charge is 2.50. The molecule has 0 radical (unpaired) electrons.